The highest BCUT2D eigenvalue weighted by Gasteiger charge is 2.31. The van der Waals surface area contributed by atoms with Gasteiger partial charge in [0, 0.05) is 17.2 Å². The monoisotopic (exact) mass is 434 g/mol. The van der Waals surface area contributed by atoms with Gasteiger partial charge in [0.2, 0.25) is 5.78 Å². The maximum absolute atomic E-state index is 13.1. The lowest BCUT2D eigenvalue weighted by Crippen LogP contribution is -2.09. The fourth-order valence-electron chi connectivity index (χ4n) is 3.30. The van der Waals surface area contributed by atoms with Gasteiger partial charge in [-0.3, -0.25) is 4.79 Å². The van der Waals surface area contributed by atoms with Crippen LogP contribution >= 0.6 is 0 Å². The molecule has 7 heteroatoms. The number of esters is 1. The summed E-state index contributed by atoms with van der Waals surface area (Å²) >= 11 is 0. The molecule has 0 amide bonds. The molecule has 0 N–H and O–H groups in total. The van der Waals surface area contributed by atoms with Crippen LogP contribution in [0.25, 0.3) is 6.08 Å². The lowest BCUT2D eigenvalue weighted by Gasteiger charge is -2.10. The first-order valence-corrected chi connectivity index (χ1v) is 9.69. The summed E-state index contributed by atoms with van der Waals surface area (Å²) in [5, 5.41) is 0. The summed E-state index contributed by atoms with van der Waals surface area (Å²) in [4.78, 5) is 25.2. The van der Waals surface area contributed by atoms with Gasteiger partial charge in [-0.2, -0.15) is 0 Å². The van der Waals surface area contributed by atoms with E-state index in [2.05, 4.69) is 0 Å². The van der Waals surface area contributed by atoms with Gasteiger partial charge in [0.1, 0.15) is 28.8 Å². The average molecular weight is 434 g/mol. The number of carbonyl (C=O) groups is 2. The van der Waals surface area contributed by atoms with Gasteiger partial charge in [-0.1, -0.05) is 0 Å². The number of benzene rings is 3. The van der Waals surface area contributed by atoms with E-state index < -0.39 is 11.8 Å². The highest BCUT2D eigenvalue weighted by Crippen LogP contribution is 2.40. The summed E-state index contributed by atoms with van der Waals surface area (Å²) in [5.74, 6) is 0.439. The Kier molecular flexibility index (Phi) is 5.64. The Bertz CT molecular complexity index is 1240. The number of fused-ring (bicyclic) bond motifs is 1. The fourth-order valence-corrected chi connectivity index (χ4v) is 3.30. The fraction of sp³-hybridized carbons (Fsp3) is 0.120. The molecule has 0 unspecified atom stereocenters. The molecule has 4 rings (SSSR count). The lowest BCUT2D eigenvalue weighted by atomic mass is 10.1. The molecule has 0 saturated heterocycles. The number of ether oxygens (including phenoxy) is 4. The Labute approximate surface area is 183 Å². The number of carbonyl (C=O) groups excluding carboxylic acids is 2. The Morgan fingerprint density at radius 3 is 2.41 bits per heavy atom. The van der Waals surface area contributed by atoms with Crippen LogP contribution in [0.15, 0.2) is 60.4 Å². The molecule has 162 valence electrons. The zero-order valence-electron chi connectivity index (χ0n) is 17.6. The number of Topliss-reactive ketones (excluding diaryl/α,β-unsaturated/α-hetero) is 1. The quantitative estimate of drug-likeness (QED) is 0.320. The molecule has 3 aromatic rings. The summed E-state index contributed by atoms with van der Waals surface area (Å²) in [6, 6.07) is 13.3. The molecule has 1 heterocycles. The first-order valence-electron chi connectivity index (χ1n) is 9.69. The highest BCUT2D eigenvalue weighted by molar-refractivity contribution is 6.15. The van der Waals surface area contributed by atoms with Crippen LogP contribution in [0.3, 0.4) is 0 Å². The normalized spacial score (nSPS) is 13.5. The van der Waals surface area contributed by atoms with Gasteiger partial charge >= 0.3 is 5.97 Å². The van der Waals surface area contributed by atoms with Crippen LogP contribution in [0.5, 0.6) is 23.0 Å². The van der Waals surface area contributed by atoms with Gasteiger partial charge in [-0.25, -0.2) is 9.18 Å². The van der Waals surface area contributed by atoms with Crippen molar-refractivity contribution in [3.05, 3.63) is 88.4 Å². The SMILES string of the molecule is COc1ccc(/C=C2\Oc3c(ccc(OC(=O)c4ccc(F)cc4)c3C)C2=O)c(OC)c1. The Morgan fingerprint density at radius 2 is 1.72 bits per heavy atom. The predicted octanol–water partition coefficient (Wildman–Crippen LogP) is 4.99. The molecule has 1 aliphatic heterocycles. The van der Waals surface area contributed by atoms with Crippen molar-refractivity contribution in [2.75, 3.05) is 14.2 Å². The number of allylic oxidation sites excluding steroid dienone is 1. The minimum absolute atomic E-state index is 0.119. The van der Waals surface area contributed by atoms with Crippen molar-refractivity contribution in [2.24, 2.45) is 0 Å². The van der Waals surface area contributed by atoms with E-state index in [4.69, 9.17) is 18.9 Å². The first kappa shape index (κ1) is 21.1. The number of hydrogen-bond acceptors (Lipinski definition) is 6. The van der Waals surface area contributed by atoms with Crippen LogP contribution in [-0.2, 0) is 0 Å². The molecular weight excluding hydrogens is 415 g/mol. The summed E-state index contributed by atoms with van der Waals surface area (Å²) in [5.41, 5.74) is 1.71. The third-order valence-corrected chi connectivity index (χ3v) is 5.05. The third-order valence-electron chi connectivity index (χ3n) is 5.05. The second-order valence-electron chi connectivity index (χ2n) is 7.01. The van der Waals surface area contributed by atoms with Gasteiger partial charge in [-0.05, 0) is 61.5 Å². The summed E-state index contributed by atoms with van der Waals surface area (Å²) in [6.07, 6.45) is 1.59. The molecular formula is C25H19FO6. The zero-order chi connectivity index (χ0) is 22.8. The van der Waals surface area contributed by atoms with Crippen LogP contribution in [0.4, 0.5) is 4.39 Å². The van der Waals surface area contributed by atoms with Crippen molar-refractivity contribution >= 4 is 17.8 Å². The average Bonchev–Trinajstić information content (AvgIpc) is 3.12. The summed E-state index contributed by atoms with van der Waals surface area (Å²) in [7, 11) is 3.07. The van der Waals surface area contributed by atoms with E-state index >= 15 is 0 Å². The molecule has 6 nitrogen and oxygen atoms in total. The van der Waals surface area contributed by atoms with Crippen LogP contribution in [0.1, 0.15) is 31.8 Å². The number of hydrogen-bond donors (Lipinski definition) is 0. The molecule has 0 bridgehead atoms. The van der Waals surface area contributed by atoms with E-state index in [1.165, 1.54) is 37.4 Å². The minimum Gasteiger partial charge on any atom is -0.497 e. The molecule has 1 aliphatic rings. The van der Waals surface area contributed by atoms with Crippen molar-refractivity contribution in [3.8, 4) is 23.0 Å². The molecule has 3 aromatic carbocycles. The molecule has 0 aromatic heterocycles. The smallest absolute Gasteiger partial charge is 0.343 e. The van der Waals surface area contributed by atoms with E-state index in [1.54, 1.807) is 44.4 Å². The maximum atomic E-state index is 13.1. The van der Waals surface area contributed by atoms with Crippen molar-refractivity contribution in [2.45, 2.75) is 6.92 Å². The number of ketones is 1. The first-order chi connectivity index (χ1) is 15.4. The summed E-state index contributed by atoms with van der Waals surface area (Å²) < 4.78 is 34.9. The molecule has 0 atom stereocenters. The molecule has 0 saturated carbocycles. The Hall–Kier alpha value is -4.13. The topological polar surface area (TPSA) is 71.1 Å². The van der Waals surface area contributed by atoms with Gasteiger partial charge < -0.3 is 18.9 Å². The Balaban J connectivity index is 1.62. The predicted molar refractivity (Wildman–Crippen MR) is 115 cm³/mol. The Morgan fingerprint density at radius 1 is 0.969 bits per heavy atom. The zero-order valence-corrected chi connectivity index (χ0v) is 17.6. The van der Waals surface area contributed by atoms with Crippen molar-refractivity contribution < 1.29 is 32.9 Å². The van der Waals surface area contributed by atoms with Crippen LogP contribution in [0, 0.1) is 12.7 Å². The van der Waals surface area contributed by atoms with E-state index in [0.29, 0.717) is 33.9 Å². The van der Waals surface area contributed by atoms with Gasteiger partial charge in [-0.15, -0.1) is 0 Å². The standard InChI is InChI=1S/C25H19FO6/c1-14-20(32-25(28)15-4-7-17(26)8-5-15)11-10-19-23(27)22(31-24(14)19)12-16-6-9-18(29-2)13-21(16)30-3/h4-13H,1-3H3/b22-12-. The van der Waals surface area contributed by atoms with Crippen molar-refractivity contribution in [1.82, 2.24) is 0 Å². The second-order valence-corrected chi connectivity index (χ2v) is 7.01. The molecule has 0 radical (unpaired) electrons. The van der Waals surface area contributed by atoms with Gasteiger partial charge in [0.15, 0.2) is 5.76 Å². The van der Waals surface area contributed by atoms with E-state index in [0.717, 1.165) is 0 Å². The summed E-state index contributed by atoms with van der Waals surface area (Å²) in [6.45, 7) is 1.69. The highest BCUT2D eigenvalue weighted by atomic mass is 19.1. The van der Waals surface area contributed by atoms with Gasteiger partial charge in [0.25, 0.3) is 0 Å². The van der Waals surface area contributed by atoms with E-state index in [9.17, 15) is 14.0 Å². The van der Waals surface area contributed by atoms with Crippen LogP contribution in [0.2, 0.25) is 0 Å². The molecule has 0 fully saturated rings. The maximum Gasteiger partial charge on any atom is 0.343 e. The number of methoxy groups -OCH3 is 2. The van der Waals surface area contributed by atoms with Crippen LogP contribution in [-0.4, -0.2) is 26.0 Å². The van der Waals surface area contributed by atoms with E-state index in [-0.39, 0.29) is 22.9 Å². The van der Waals surface area contributed by atoms with Crippen molar-refractivity contribution in [1.29, 1.82) is 0 Å². The molecule has 0 aliphatic carbocycles. The second kappa shape index (κ2) is 8.55. The number of rotatable bonds is 5. The largest absolute Gasteiger partial charge is 0.497 e. The lowest BCUT2D eigenvalue weighted by molar-refractivity contribution is 0.0733. The molecule has 32 heavy (non-hydrogen) atoms. The number of halogens is 1. The van der Waals surface area contributed by atoms with Crippen LogP contribution < -0.4 is 18.9 Å². The van der Waals surface area contributed by atoms with Crippen molar-refractivity contribution in [3.63, 3.8) is 0 Å². The minimum atomic E-state index is -0.642. The molecule has 0 spiro atoms. The third kappa shape index (κ3) is 3.92. The van der Waals surface area contributed by atoms with Gasteiger partial charge in [0.05, 0.1) is 25.3 Å². The van der Waals surface area contributed by atoms with E-state index in [1.807, 2.05) is 0 Å².